The summed E-state index contributed by atoms with van der Waals surface area (Å²) >= 11 is 0. The van der Waals surface area contributed by atoms with Gasteiger partial charge in [-0.1, -0.05) is 31.4 Å². The molecule has 2 N–H and O–H groups in total. The molecule has 0 unspecified atom stereocenters. The van der Waals surface area contributed by atoms with Crippen LogP contribution in [0.5, 0.6) is 0 Å². The van der Waals surface area contributed by atoms with Gasteiger partial charge < -0.3 is 15.5 Å². The fourth-order valence-corrected chi connectivity index (χ4v) is 3.03. The number of nitrogens with one attached hydrogen (secondary N) is 2. The number of rotatable bonds is 5. The lowest BCUT2D eigenvalue weighted by molar-refractivity contribution is -0.117. The number of likely N-dealkylation sites (N-methyl/N-ethyl adjacent to an activating group) is 1. The van der Waals surface area contributed by atoms with Gasteiger partial charge in [-0.25, -0.2) is 4.79 Å². The van der Waals surface area contributed by atoms with Gasteiger partial charge >= 0.3 is 6.03 Å². The van der Waals surface area contributed by atoms with E-state index >= 15 is 0 Å². The van der Waals surface area contributed by atoms with Gasteiger partial charge in [0, 0.05) is 18.3 Å². The zero-order valence-corrected chi connectivity index (χ0v) is 14.1. The van der Waals surface area contributed by atoms with Crippen molar-refractivity contribution < 1.29 is 9.59 Å². The molecule has 1 aromatic rings. The first-order valence-corrected chi connectivity index (χ1v) is 8.51. The van der Waals surface area contributed by atoms with Crippen LogP contribution in [0.2, 0.25) is 0 Å². The molecule has 1 aromatic carbocycles. The van der Waals surface area contributed by atoms with Crippen LogP contribution in [0.15, 0.2) is 24.3 Å². The van der Waals surface area contributed by atoms with E-state index in [4.69, 9.17) is 0 Å². The van der Waals surface area contributed by atoms with Gasteiger partial charge in [-0.3, -0.25) is 4.79 Å². The van der Waals surface area contributed by atoms with E-state index in [-0.39, 0.29) is 24.5 Å². The van der Waals surface area contributed by atoms with E-state index in [0.29, 0.717) is 6.54 Å². The van der Waals surface area contributed by atoms with Crippen molar-refractivity contribution >= 4 is 17.6 Å². The number of aryl methyl sites for hydroxylation is 1. The molecule has 5 nitrogen and oxygen atoms in total. The van der Waals surface area contributed by atoms with Gasteiger partial charge in [0.2, 0.25) is 5.91 Å². The number of nitrogens with zero attached hydrogens (tertiary/aromatic N) is 1. The highest BCUT2D eigenvalue weighted by Gasteiger charge is 2.18. The summed E-state index contributed by atoms with van der Waals surface area (Å²) in [4.78, 5) is 26.0. The molecule has 0 aromatic heterocycles. The number of benzene rings is 1. The van der Waals surface area contributed by atoms with E-state index in [1.165, 1.54) is 19.3 Å². The number of carbonyl (C=O) groups is 2. The summed E-state index contributed by atoms with van der Waals surface area (Å²) in [6.45, 7) is 4.52. The number of carbonyl (C=O) groups excluding carboxylic acids is 2. The number of hydrogen-bond acceptors (Lipinski definition) is 2. The van der Waals surface area contributed by atoms with Crippen LogP contribution >= 0.6 is 0 Å². The lowest BCUT2D eigenvalue weighted by Gasteiger charge is -2.24. The standard InChI is InChI=1S/C18H27N3O2/c1-3-21(16-11-7-8-14(2)12-16)17(22)13-19-18(23)20-15-9-5-4-6-10-15/h7-8,11-12,15H,3-6,9-10,13H2,1-2H3,(H2,19,20,23). The van der Waals surface area contributed by atoms with Gasteiger partial charge in [-0.15, -0.1) is 0 Å². The zero-order valence-electron chi connectivity index (χ0n) is 14.1. The van der Waals surface area contributed by atoms with Crippen molar-refractivity contribution in [3.63, 3.8) is 0 Å². The van der Waals surface area contributed by atoms with Crippen LogP contribution in [0.3, 0.4) is 0 Å². The Morgan fingerprint density at radius 1 is 1.22 bits per heavy atom. The molecule has 126 valence electrons. The van der Waals surface area contributed by atoms with Crippen LogP contribution in [0.25, 0.3) is 0 Å². The first-order valence-electron chi connectivity index (χ1n) is 8.51. The Morgan fingerprint density at radius 3 is 2.61 bits per heavy atom. The second-order valence-corrected chi connectivity index (χ2v) is 6.14. The highest BCUT2D eigenvalue weighted by Crippen LogP contribution is 2.17. The maximum Gasteiger partial charge on any atom is 0.315 e. The van der Waals surface area contributed by atoms with Crippen molar-refractivity contribution in [2.24, 2.45) is 0 Å². The van der Waals surface area contributed by atoms with Gasteiger partial charge in [-0.05, 0) is 44.4 Å². The summed E-state index contributed by atoms with van der Waals surface area (Å²) in [5.41, 5.74) is 1.98. The van der Waals surface area contributed by atoms with Crippen LogP contribution in [0, 0.1) is 6.92 Å². The quantitative estimate of drug-likeness (QED) is 0.877. The predicted octanol–water partition coefficient (Wildman–Crippen LogP) is 2.98. The van der Waals surface area contributed by atoms with Gasteiger partial charge in [0.25, 0.3) is 0 Å². The number of amides is 3. The van der Waals surface area contributed by atoms with Crippen molar-refractivity contribution in [2.75, 3.05) is 18.0 Å². The Balaban J connectivity index is 1.83. The van der Waals surface area contributed by atoms with Crippen LogP contribution in [0.1, 0.15) is 44.6 Å². The van der Waals surface area contributed by atoms with Crippen molar-refractivity contribution in [1.82, 2.24) is 10.6 Å². The Hall–Kier alpha value is -2.04. The smallest absolute Gasteiger partial charge is 0.315 e. The monoisotopic (exact) mass is 317 g/mol. The summed E-state index contributed by atoms with van der Waals surface area (Å²) < 4.78 is 0. The summed E-state index contributed by atoms with van der Waals surface area (Å²) in [6, 6.07) is 7.82. The van der Waals surface area contributed by atoms with Gasteiger partial charge in [0.15, 0.2) is 0 Å². The first-order chi connectivity index (χ1) is 11.1. The molecule has 1 aliphatic rings. The second-order valence-electron chi connectivity index (χ2n) is 6.14. The Morgan fingerprint density at radius 2 is 1.96 bits per heavy atom. The van der Waals surface area contributed by atoms with Gasteiger partial charge in [0.1, 0.15) is 0 Å². The fraction of sp³-hybridized carbons (Fsp3) is 0.556. The van der Waals surface area contributed by atoms with E-state index < -0.39 is 0 Å². The molecule has 0 aliphatic heterocycles. The average molecular weight is 317 g/mol. The molecule has 3 amide bonds. The van der Waals surface area contributed by atoms with Crippen LogP contribution in [-0.4, -0.2) is 31.1 Å². The minimum absolute atomic E-state index is 0.0142. The topological polar surface area (TPSA) is 61.4 Å². The van der Waals surface area contributed by atoms with Crippen molar-refractivity contribution in [1.29, 1.82) is 0 Å². The van der Waals surface area contributed by atoms with Crippen LogP contribution in [0.4, 0.5) is 10.5 Å². The van der Waals surface area contributed by atoms with Gasteiger partial charge in [-0.2, -0.15) is 0 Å². The molecule has 0 bridgehead atoms. The normalized spacial score (nSPS) is 15.0. The minimum Gasteiger partial charge on any atom is -0.335 e. The maximum atomic E-state index is 12.4. The molecular weight excluding hydrogens is 290 g/mol. The SMILES string of the molecule is CCN(C(=O)CNC(=O)NC1CCCCC1)c1cccc(C)c1. The zero-order chi connectivity index (χ0) is 16.7. The summed E-state index contributed by atoms with van der Waals surface area (Å²) in [6.07, 6.45) is 5.65. The van der Waals surface area contributed by atoms with Crippen molar-refractivity contribution in [2.45, 2.75) is 52.0 Å². The molecule has 1 fully saturated rings. The lowest BCUT2D eigenvalue weighted by Crippen LogP contribution is -2.47. The largest absolute Gasteiger partial charge is 0.335 e. The van der Waals surface area contributed by atoms with Crippen LogP contribution in [-0.2, 0) is 4.79 Å². The third-order valence-corrected chi connectivity index (χ3v) is 4.27. The Bertz CT molecular complexity index is 539. The molecule has 1 saturated carbocycles. The third-order valence-electron chi connectivity index (χ3n) is 4.27. The van der Waals surface area contributed by atoms with Crippen molar-refractivity contribution in [3.05, 3.63) is 29.8 Å². The second kappa shape index (κ2) is 8.56. The van der Waals surface area contributed by atoms with E-state index in [1.807, 2.05) is 38.1 Å². The molecule has 1 aliphatic carbocycles. The fourth-order valence-electron chi connectivity index (χ4n) is 3.03. The van der Waals surface area contributed by atoms with E-state index in [1.54, 1.807) is 4.90 Å². The molecular formula is C18H27N3O2. The highest BCUT2D eigenvalue weighted by atomic mass is 16.2. The van der Waals surface area contributed by atoms with E-state index in [9.17, 15) is 9.59 Å². The van der Waals surface area contributed by atoms with Crippen LogP contribution < -0.4 is 15.5 Å². The summed E-state index contributed by atoms with van der Waals surface area (Å²) in [5, 5.41) is 5.65. The summed E-state index contributed by atoms with van der Waals surface area (Å²) in [5.74, 6) is -0.100. The minimum atomic E-state index is -0.245. The maximum absolute atomic E-state index is 12.4. The molecule has 0 radical (unpaired) electrons. The number of anilines is 1. The molecule has 23 heavy (non-hydrogen) atoms. The van der Waals surface area contributed by atoms with Crippen molar-refractivity contribution in [3.8, 4) is 0 Å². The Kier molecular flexibility index (Phi) is 6.44. The molecule has 2 rings (SSSR count). The van der Waals surface area contributed by atoms with E-state index in [0.717, 1.165) is 24.1 Å². The lowest BCUT2D eigenvalue weighted by atomic mass is 9.96. The molecule has 0 saturated heterocycles. The first kappa shape index (κ1) is 17.3. The molecule has 0 spiro atoms. The molecule has 0 atom stereocenters. The molecule has 5 heteroatoms. The molecule has 0 heterocycles. The summed E-state index contributed by atoms with van der Waals surface area (Å²) in [7, 11) is 0. The van der Waals surface area contributed by atoms with Gasteiger partial charge in [0.05, 0.1) is 6.54 Å². The average Bonchev–Trinajstić information content (AvgIpc) is 2.55. The number of hydrogen-bond donors (Lipinski definition) is 2. The number of urea groups is 1. The van der Waals surface area contributed by atoms with E-state index in [2.05, 4.69) is 10.6 Å². The highest BCUT2D eigenvalue weighted by molar-refractivity contribution is 5.96. The predicted molar refractivity (Wildman–Crippen MR) is 92.6 cm³/mol. The third kappa shape index (κ3) is 5.27. The Labute approximate surface area is 138 Å².